The van der Waals surface area contributed by atoms with Gasteiger partial charge in [-0.25, -0.2) is 4.98 Å². The zero-order valence-electron chi connectivity index (χ0n) is 10.5. The van der Waals surface area contributed by atoms with Gasteiger partial charge < -0.3 is 9.80 Å². The van der Waals surface area contributed by atoms with Crippen LogP contribution in [-0.4, -0.2) is 52.8 Å². The van der Waals surface area contributed by atoms with E-state index in [2.05, 4.69) is 4.98 Å². The van der Waals surface area contributed by atoms with Gasteiger partial charge in [0.25, 0.3) is 0 Å². The van der Waals surface area contributed by atoms with Crippen molar-refractivity contribution in [2.45, 2.75) is 19.8 Å². The lowest BCUT2D eigenvalue weighted by atomic mass is 10.2. The number of carbonyl (C=O) groups excluding carboxylic acids is 2. The van der Waals surface area contributed by atoms with E-state index in [0.29, 0.717) is 39.0 Å². The Labute approximate surface area is 110 Å². The van der Waals surface area contributed by atoms with Crippen molar-refractivity contribution >= 4 is 23.2 Å². The molecule has 0 saturated carbocycles. The monoisotopic (exact) mass is 267 g/mol. The van der Waals surface area contributed by atoms with Crippen LogP contribution >= 0.6 is 11.3 Å². The van der Waals surface area contributed by atoms with Crippen molar-refractivity contribution in [3.63, 3.8) is 0 Å². The first-order valence-corrected chi connectivity index (χ1v) is 7.01. The minimum Gasteiger partial charge on any atom is -0.339 e. The first-order valence-electron chi connectivity index (χ1n) is 6.07. The van der Waals surface area contributed by atoms with Gasteiger partial charge in [-0.2, -0.15) is 0 Å². The van der Waals surface area contributed by atoms with Crippen molar-refractivity contribution in [2.24, 2.45) is 0 Å². The van der Waals surface area contributed by atoms with Gasteiger partial charge in [-0.05, 0) is 6.42 Å². The van der Waals surface area contributed by atoms with E-state index in [1.54, 1.807) is 28.7 Å². The highest BCUT2D eigenvalue weighted by Crippen LogP contribution is 2.08. The SMILES string of the molecule is CC(=O)N1CCN(C(=O)CCc2cscn2)CC1. The summed E-state index contributed by atoms with van der Waals surface area (Å²) in [5.74, 6) is 0.246. The summed E-state index contributed by atoms with van der Waals surface area (Å²) in [4.78, 5) is 30.9. The number of hydrogen-bond donors (Lipinski definition) is 0. The number of aromatic nitrogens is 1. The van der Waals surface area contributed by atoms with Gasteiger partial charge in [0.1, 0.15) is 0 Å². The highest BCUT2D eigenvalue weighted by molar-refractivity contribution is 7.07. The van der Waals surface area contributed by atoms with Crippen LogP contribution in [0.4, 0.5) is 0 Å². The topological polar surface area (TPSA) is 53.5 Å². The molecule has 1 aliphatic rings. The number of thiazole rings is 1. The zero-order valence-corrected chi connectivity index (χ0v) is 11.3. The summed E-state index contributed by atoms with van der Waals surface area (Å²) < 4.78 is 0. The van der Waals surface area contributed by atoms with Crippen LogP contribution in [0.5, 0.6) is 0 Å². The second kappa shape index (κ2) is 5.95. The number of amides is 2. The largest absolute Gasteiger partial charge is 0.339 e. The third-order valence-corrected chi connectivity index (χ3v) is 3.79. The van der Waals surface area contributed by atoms with Crippen LogP contribution in [-0.2, 0) is 16.0 Å². The molecule has 1 saturated heterocycles. The minimum atomic E-state index is 0.0876. The molecule has 6 heteroatoms. The summed E-state index contributed by atoms with van der Waals surface area (Å²) >= 11 is 1.55. The molecule has 1 aromatic rings. The fourth-order valence-electron chi connectivity index (χ4n) is 2.02. The predicted molar refractivity (Wildman–Crippen MR) is 69.3 cm³/mol. The number of piperazine rings is 1. The molecule has 98 valence electrons. The molecule has 2 amide bonds. The molecule has 0 bridgehead atoms. The van der Waals surface area contributed by atoms with E-state index in [0.717, 1.165) is 5.69 Å². The average Bonchev–Trinajstić information content (AvgIpc) is 2.89. The van der Waals surface area contributed by atoms with Crippen LogP contribution in [0.25, 0.3) is 0 Å². The lowest BCUT2D eigenvalue weighted by Gasteiger charge is -2.34. The summed E-state index contributed by atoms with van der Waals surface area (Å²) in [5.41, 5.74) is 2.77. The Morgan fingerprint density at radius 1 is 1.28 bits per heavy atom. The Morgan fingerprint density at radius 2 is 1.94 bits per heavy atom. The van der Waals surface area contributed by atoms with Crippen molar-refractivity contribution in [2.75, 3.05) is 26.2 Å². The van der Waals surface area contributed by atoms with Crippen LogP contribution in [0.2, 0.25) is 0 Å². The molecular weight excluding hydrogens is 250 g/mol. The molecule has 0 radical (unpaired) electrons. The minimum absolute atomic E-state index is 0.0876. The molecule has 1 aliphatic heterocycles. The molecule has 1 aromatic heterocycles. The molecule has 0 unspecified atom stereocenters. The lowest BCUT2D eigenvalue weighted by molar-refractivity contribution is -0.138. The van der Waals surface area contributed by atoms with Crippen LogP contribution in [0, 0.1) is 0 Å². The highest BCUT2D eigenvalue weighted by atomic mass is 32.1. The first kappa shape index (κ1) is 13.0. The Morgan fingerprint density at radius 3 is 2.50 bits per heavy atom. The molecule has 0 N–H and O–H groups in total. The molecule has 0 aromatic carbocycles. The Hall–Kier alpha value is -1.43. The maximum absolute atomic E-state index is 12.0. The summed E-state index contributed by atoms with van der Waals surface area (Å²) in [6.07, 6.45) is 1.21. The number of rotatable bonds is 3. The number of nitrogens with zero attached hydrogens (tertiary/aromatic N) is 3. The first-order chi connectivity index (χ1) is 8.66. The van der Waals surface area contributed by atoms with Gasteiger partial charge in [0.2, 0.25) is 11.8 Å². The lowest BCUT2D eigenvalue weighted by Crippen LogP contribution is -2.50. The average molecular weight is 267 g/mol. The second-order valence-electron chi connectivity index (χ2n) is 4.37. The molecule has 0 spiro atoms. The summed E-state index contributed by atoms with van der Waals surface area (Å²) in [7, 11) is 0. The van der Waals surface area contributed by atoms with Crippen molar-refractivity contribution in [1.82, 2.24) is 14.8 Å². The van der Waals surface area contributed by atoms with E-state index < -0.39 is 0 Å². The fourth-order valence-corrected chi connectivity index (χ4v) is 2.62. The zero-order chi connectivity index (χ0) is 13.0. The van der Waals surface area contributed by atoms with Crippen LogP contribution < -0.4 is 0 Å². The second-order valence-corrected chi connectivity index (χ2v) is 5.09. The Kier molecular flexibility index (Phi) is 4.30. The van der Waals surface area contributed by atoms with Gasteiger partial charge in [-0.1, -0.05) is 0 Å². The quantitative estimate of drug-likeness (QED) is 0.812. The van der Waals surface area contributed by atoms with Crippen molar-refractivity contribution in [3.05, 3.63) is 16.6 Å². The van der Waals surface area contributed by atoms with Gasteiger partial charge >= 0.3 is 0 Å². The Balaban J connectivity index is 1.75. The third kappa shape index (κ3) is 3.29. The van der Waals surface area contributed by atoms with E-state index in [9.17, 15) is 9.59 Å². The molecule has 0 aliphatic carbocycles. The molecule has 1 fully saturated rings. The van der Waals surface area contributed by atoms with E-state index in [-0.39, 0.29) is 11.8 Å². The van der Waals surface area contributed by atoms with Crippen molar-refractivity contribution < 1.29 is 9.59 Å². The Bertz CT molecular complexity index is 411. The van der Waals surface area contributed by atoms with Crippen LogP contribution in [0.3, 0.4) is 0 Å². The predicted octanol–water partition coefficient (Wildman–Crippen LogP) is 0.766. The van der Waals surface area contributed by atoms with Gasteiger partial charge in [0.05, 0.1) is 11.2 Å². The molecular formula is C12H17N3O2S. The van der Waals surface area contributed by atoms with E-state index >= 15 is 0 Å². The van der Waals surface area contributed by atoms with Gasteiger partial charge in [0, 0.05) is 44.9 Å². The molecule has 2 heterocycles. The summed E-state index contributed by atoms with van der Waals surface area (Å²) in [5, 5.41) is 1.97. The van der Waals surface area contributed by atoms with Crippen LogP contribution in [0.1, 0.15) is 19.0 Å². The molecule has 0 atom stereocenters. The summed E-state index contributed by atoms with van der Waals surface area (Å²) in [6.45, 7) is 4.17. The van der Waals surface area contributed by atoms with Crippen molar-refractivity contribution in [3.8, 4) is 0 Å². The fraction of sp³-hybridized carbons (Fsp3) is 0.583. The maximum Gasteiger partial charge on any atom is 0.223 e. The van der Waals surface area contributed by atoms with E-state index in [4.69, 9.17) is 0 Å². The standard InChI is InChI=1S/C12H17N3O2S/c1-10(16)14-4-6-15(7-5-14)12(17)3-2-11-8-18-9-13-11/h8-9H,2-7H2,1H3. The van der Waals surface area contributed by atoms with E-state index in [1.165, 1.54) is 0 Å². The maximum atomic E-state index is 12.0. The molecule has 5 nitrogen and oxygen atoms in total. The normalized spacial score (nSPS) is 15.8. The van der Waals surface area contributed by atoms with Gasteiger partial charge in [-0.3, -0.25) is 9.59 Å². The smallest absolute Gasteiger partial charge is 0.223 e. The number of carbonyl (C=O) groups is 2. The molecule has 2 rings (SSSR count). The van der Waals surface area contributed by atoms with E-state index in [1.807, 2.05) is 10.3 Å². The van der Waals surface area contributed by atoms with Gasteiger partial charge in [-0.15, -0.1) is 11.3 Å². The van der Waals surface area contributed by atoms with Crippen LogP contribution in [0.15, 0.2) is 10.9 Å². The molecule has 18 heavy (non-hydrogen) atoms. The third-order valence-electron chi connectivity index (χ3n) is 3.16. The number of hydrogen-bond acceptors (Lipinski definition) is 4. The summed E-state index contributed by atoms with van der Waals surface area (Å²) in [6, 6.07) is 0. The van der Waals surface area contributed by atoms with Crippen molar-refractivity contribution in [1.29, 1.82) is 0 Å². The number of aryl methyl sites for hydroxylation is 1. The highest BCUT2D eigenvalue weighted by Gasteiger charge is 2.21. The van der Waals surface area contributed by atoms with Gasteiger partial charge in [0.15, 0.2) is 0 Å².